The van der Waals surface area contributed by atoms with Crippen LogP contribution in [0.4, 0.5) is 0 Å². The van der Waals surface area contributed by atoms with E-state index < -0.39 is 0 Å². The number of rotatable bonds is 9. The van der Waals surface area contributed by atoms with Crippen LogP contribution in [0.2, 0.25) is 5.02 Å². The van der Waals surface area contributed by atoms with Crippen molar-refractivity contribution in [3.8, 4) is 0 Å². The van der Waals surface area contributed by atoms with Gasteiger partial charge in [-0.1, -0.05) is 63.8 Å². The molecule has 1 aromatic rings. The quantitative estimate of drug-likeness (QED) is 0.621. The molecule has 0 saturated carbocycles. The molecule has 1 aromatic carbocycles. The molecule has 2 heteroatoms. The normalized spacial score (nSPS) is 14.3. The smallest absolute Gasteiger partial charge is 0.0409 e. The summed E-state index contributed by atoms with van der Waals surface area (Å²) < 4.78 is 0. The molecular weight excluding hydrogens is 254 g/mol. The summed E-state index contributed by atoms with van der Waals surface area (Å²) in [5, 5.41) is 4.55. The van der Waals surface area contributed by atoms with Gasteiger partial charge in [-0.25, -0.2) is 0 Å². The number of hydrogen-bond donors (Lipinski definition) is 1. The molecule has 0 radical (unpaired) electrons. The molecule has 1 N–H and O–H groups in total. The van der Waals surface area contributed by atoms with Crippen molar-refractivity contribution in [2.24, 2.45) is 5.92 Å². The van der Waals surface area contributed by atoms with Gasteiger partial charge in [0.25, 0.3) is 0 Å². The predicted molar refractivity (Wildman–Crippen MR) is 85.8 cm³/mol. The van der Waals surface area contributed by atoms with Crippen LogP contribution in [-0.2, 0) is 0 Å². The van der Waals surface area contributed by atoms with E-state index in [1.54, 1.807) is 0 Å². The molecule has 2 atom stereocenters. The van der Waals surface area contributed by atoms with Crippen LogP contribution in [-0.4, -0.2) is 6.54 Å². The Balaban J connectivity index is 2.85. The zero-order valence-electron chi connectivity index (χ0n) is 12.6. The second kappa shape index (κ2) is 9.39. The fourth-order valence-electron chi connectivity index (χ4n) is 2.63. The second-order valence-corrected chi connectivity index (χ2v) is 5.73. The lowest BCUT2D eigenvalue weighted by Crippen LogP contribution is -2.29. The molecule has 0 aromatic heterocycles. The molecule has 2 unspecified atom stereocenters. The fraction of sp³-hybridized carbons (Fsp3) is 0.647. The fourth-order valence-corrected chi connectivity index (χ4v) is 2.83. The summed E-state index contributed by atoms with van der Waals surface area (Å²) in [6.45, 7) is 7.85. The van der Waals surface area contributed by atoms with Gasteiger partial charge >= 0.3 is 0 Å². The van der Waals surface area contributed by atoms with Crippen LogP contribution in [0.3, 0.4) is 0 Å². The largest absolute Gasteiger partial charge is 0.310 e. The van der Waals surface area contributed by atoms with Crippen molar-refractivity contribution < 1.29 is 0 Å². The number of benzene rings is 1. The van der Waals surface area contributed by atoms with Gasteiger partial charge in [-0.2, -0.15) is 0 Å². The molecule has 0 fully saturated rings. The summed E-state index contributed by atoms with van der Waals surface area (Å²) >= 11 is 6.15. The van der Waals surface area contributed by atoms with Gasteiger partial charge in [0.1, 0.15) is 0 Å². The van der Waals surface area contributed by atoms with Crippen molar-refractivity contribution in [2.45, 2.75) is 58.9 Å². The van der Waals surface area contributed by atoms with E-state index in [0.29, 0.717) is 12.0 Å². The minimum Gasteiger partial charge on any atom is -0.310 e. The highest BCUT2D eigenvalue weighted by Crippen LogP contribution is 2.30. The highest BCUT2D eigenvalue weighted by Gasteiger charge is 2.20. The molecule has 1 rings (SSSR count). The maximum atomic E-state index is 6.15. The van der Waals surface area contributed by atoms with Crippen molar-refractivity contribution in [3.63, 3.8) is 0 Å². The number of unbranched alkanes of at least 4 members (excludes halogenated alkanes) is 1. The Bertz CT molecular complexity index is 351. The van der Waals surface area contributed by atoms with Crippen LogP contribution >= 0.6 is 11.6 Å². The SMILES string of the molecule is CCCCC(CC)C(NCCC)c1cccc(Cl)c1. The molecule has 0 aliphatic carbocycles. The Labute approximate surface area is 123 Å². The van der Waals surface area contributed by atoms with Gasteiger partial charge in [-0.3, -0.25) is 0 Å². The standard InChI is InChI=1S/C17H28ClN/c1-4-7-9-14(6-3)17(19-12-5-2)15-10-8-11-16(18)13-15/h8,10-11,13-14,17,19H,4-7,9,12H2,1-3H3. The van der Waals surface area contributed by atoms with E-state index in [1.807, 2.05) is 6.07 Å². The maximum Gasteiger partial charge on any atom is 0.0409 e. The minimum atomic E-state index is 0.440. The van der Waals surface area contributed by atoms with Crippen LogP contribution in [0.15, 0.2) is 24.3 Å². The summed E-state index contributed by atoms with van der Waals surface area (Å²) in [5.74, 6) is 0.699. The third kappa shape index (κ3) is 5.54. The Morgan fingerprint density at radius 1 is 1.16 bits per heavy atom. The van der Waals surface area contributed by atoms with Crippen LogP contribution in [0.1, 0.15) is 64.5 Å². The van der Waals surface area contributed by atoms with Gasteiger partial charge in [0.15, 0.2) is 0 Å². The first kappa shape index (κ1) is 16.5. The van der Waals surface area contributed by atoms with Gasteiger partial charge in [-0.15, -0.1) is 0 Å². The molecule has 19 heavy (non-hydrogen) atoms. The lowest BCUT2D eigenvalue weighted by Gasteiger charge is -2.28. The Morgan fingerprint density at radius 2 is 1.95 bits per heavy atom. The maximum absolute atomic E-state index is 6.15. The monoisotopic (exact) mass is 281 g/mol. The average molecular weight is 282 g/mol. The zero-order valence-corrected chi connectivity index (χ0v) is 13.3. The van der Waals surface area contributed by atoms with Crippen LogP contribution in [0.5, 0.6) is 0 Å². The topological polar surface area (TPSA) is 12.0 Å². The first-order chi connectivity index (χ1) is 9.22. The Kier molecular flexibility index (Phi) is 8.16. The van der Waals surface area contributed by atoms with E-state index in [-0.39, 0.29) is 0 Å². The second-order valence-electron chi connectivity index (χ2n) is 5.30. The van der Waals surface area contributed by atoms with E-state index in [9.17, 15) is 0 Å². The molecule has 0 aliphatic rings. The highest BCUT2D eigenvalue weighted by molar-refractivity contribution is 6.30. The van der Waals surface area contributed by atoms with Crippen LogP contribution in [0, 0.1) is 5.92 Å². The summed E-state index contributed by atoms with van der Waals surface area (Å²) in [6, 6.07) is 8.77. The third-order valence-electron chi connectivity index (χ3n) is 3.75. The van der Waals surface area contributed by atoms with E-state index in [0.717, 1.165) is 11.6 Å². The lowest BCUT2D eigenvalue weighted by molar-refractivity contribution is 0.323. The average Bonchev–Trinajstić information content (AvgIpc) is 2.42. The van der Waals surface area contributed by atoms with Crippen LogP contribution < -0.4 is 5.32 Å². The van der Waals surface area contributed by atoms with E-state index in [4.69, 9.17) is 11.6 Å². The Morgan fingerprint density at radius 3 is 2.53 bits per heavy atom. The van der Waals surface area contributed by atoms with Crippen LogP contribution in [0.25, 0.3) is 0 Å². The first-order valence-electron chi connectivity index (χ1n) is 7.71. The Hall–Kier alpha value is -0.530. The number of nitrogens with one attached hydrogen (secondary N) is 1. The van der Waals surface area contributed by atoms with Gasteiger partial charge < -0.3 is 5.32 Å². The van der Waals surface area contributed by atoms with Gasteiger partial charge in [0.2, 0.25) is 0 Å². The van der Waals surface area contributed by atoms with Crippen molar-refractivity contribution in [1.29, 1.82) is 0 Å². The minimum absolute atomic E-state index is 0.440. The molecule has 0 saturated heterocycles. The van der Waals surface area contributed by atoms with Crippen molar-refractivity contribution in [3.05, 3.63) is 34.9 Å². The van der Waals surface area contributed by atoms with Crippen molar-refractivity contribution >= 4 is 11.6 Å². The molecule has 0 heterocycles. The molecular formula is C17H28ClN. The lowest BCUT2D eigenvalue weighted by atomic mass is 9.87. The zero-order chi connectivity index (χ0) is 14.1. The van der Waals surface area contributed by atoms with Gasteiger partial charge in [0.05, 0.1) is 0 Å². The number of hydrogen-bond acceptors (Lipinski definition) is 1. The highest BCUT2D eigenvalue weighted by atomic mass is 35.5. The summed E-state index contributed by atoms with van der Waals surface area (Å²) in [5.41, 5.74) is 1.34. The molecule has 0 spiro atoms. The molecule has 0 aliphatic heterocycles. The van der Waals surface area contributed by atoms with E-state index in [1.165, 1.54) is 37.7 Å². The molecule has 0 amide bonds. The van der Waals surface area contributed by atoms with Crippen molar-refractivity contribution in [1.82, 2.24) is 5.32 Å². The van der Waals surface area contributed by atoms with Gasteiger partial charge in [-0.05, 0) is 43.0 Å². The third-order valence-corrected chi connectivity index (χ3v) is 3.98. The van der Waals surface area contributed by atoms with Crippen molar-refractivity contribution in [2.75, 3.05) is 6.54 Å². The summed E-state index contributed by atoms with van der Waals surface area (Å²) in [6.07, 6.45) is 6.26. The predicted octanol–water partition coefficient (Wildman–Crippen LogP) is 5.60. The summed E-state index contributed by atoms with van der Waals surface area (Å²) in [7, 11) is 0. The van der Waals surface area contributed by atoms with Gasteiger partial charge in [0, 0.05) is 11.1 Å². The molecule has 1 nitrogen and oxygen atoms in total. The number of halogens is 1. The molecule has 0 bridgehead atoms. The molecule has 108 valence electrons. The van der Waals surface area contributed by atoms with E-state index in [2.05, 4.69) is 44.3 Å². The van der Waals surface area contributed by atoms with E-state index >= 15 is 0 Å². The first-order valence-corrected chi connectivity index (χ1v) is 8.09. The summed E-state index contributed by atoms with van der Waals surface area (Å²) in [4.78, 5) is 0.